The lowest BCUT2D eigenvalue weighted by Gasteiger charge is -2.18. The lowest BCUT2D eigenvalue weighted by Crippen LogP contribution is -2.22. The molecule has 206 valence electrons. The van der Waals surface area contributed by atoms with Crippen LogP contribution in [0.25, 0.3) is 0 Å². The van der Waals surface area contributed by atoms with Gasteiger partial charge in [-0.25, -0.2) is 0 Å². The van der Waals surface area contributed by atoms with Crippen LogP contribution in [0.2, 0.25) is 0 Å². The smallest absolute Gasteiger partial charge is 0.0431 e. The normalized spacial score (nSPS) is 12.2. The van der Waals surface area contributed by atoms with Crippen molar-refractivity contribution < 1.29 is 5.11 Å². The van der Waals surface area contributed by atoms with Crippen molar-refractivity contribution in [3.8, 4) is 0 Å². The van der Waals surface area contributed by atoms with E-state index in [4.69, 9.17) is 5.11 Å². The van der Waals surface area contributed by atoms with E-state index in [1.165, 1.54) is 142 Å². The average Bonchev–Trinajstić information content (AvgIpc) is 2.80. The molecule has 0 radical (unpaired) electrons. The Morgan fingerprint density at radius 1 is 0.324 bits per heavy atom. The van der Waals surface area contributed by atoms with Crippen LogP contribution >= 0.6 is 0 Å². The van der Waals surface area contributed by atoms with E-state index in [1.807, 2.05) is 0 Å². The lowest BCUT2D eigenvalue weighted by atomic mass is 10.1. The summed E-state index contributed by atoms with van der Waals surface area (Å²) in [6, 6.07) is 0. The van der Waals surface area contributed by atoms with Gasteiger partial charge in [0.1, 0.15) is 0 Å². The Kier molecular flexibility index (Phi) is 25.7. The molecule has 0 amide bonds. The number of aliphatic hydroxyl groups excluding tert-OH is 1. The number of hydrogen-bond acceptors (Lipinski definition) is 5. The first kappa shape index (κ1) is 33.8. The van der Waals surface area contributed by atoms with Gasteiger partial charge in [0.2, 0.25) is 0 Å². The Balaban J connectivity index is 3.35. The van der Waals surface area contributed by atoms with Gasteiger partial charge in [0.15, 0.2) is 0 Å². The third-order valence-corrected chi connectivity index (χ3v) is 7.00. The van der Waals surface area contributed by atoms with Gasteiger partial charge >= 0.3 is 0 Å². The summed E-state index contributed by atoms with van der Waals surface area (Å²) in [5, 5.41) is 8.82. The maximum atomic E-state index is 8.82. The summed E-state index contributed by atoms with van der Waals surface area (Å²) in [5.74, 6) is 0. The average molecular weight is 485 g/mol. The fraction of sp³-hybridized carbons (Fsp3) is 1.00. The summed E-state index contributed by atoms with van der Waals surface area (Å²) in [7, 11) is 11.2. The van der Waals surface area contributed by atoms with Crippen LogP contribution in [-0.2, 0) is 0 Å². The van der Waals surface area contributed by atoms with E-state index in [9.17, 15) is 0 Å². The Hall–Kier alpha value is -0.200. The van der Waals surface area contributed by atoms with Gasteiger partial charge in [-0.05, 0) is 132 Å². The van der Waals surface area contributed by atoms with Crippen molar-refractivity contribution >= 4 is 0 Å². The zero-order valence-corrected chi connectivity index (χ0v) is 24.2. The highest BCUT2D eigenvalue weighted by Gasteiger charge is 2.02. The molecule has 0 fully saturated rings. The summed E-state index contributed by atoms with van der Waals surface area (Å²) < 4.78 is 0. The number of aliphatic hydroxyl groups is 1. The molecule has 0 rings (SSSR count). The highest BCUT2D eigenvalue weighted by Crippen LogP contribution is 2.07. The van der Waals surface area contributed by atoms with Gasteiger partial charge in [-0.2, -0.15) is 0 Å². The number of nitrogens with zero attached hydrogens (tertiary/aromatic N) is 4. The monoisotopic (exact) mass is 485 g/mol. The first-order valence-corrected chi connectivity index (χ1v) is 14.8. The van der Waals surface area contributed by atoms with Crippen LogP contribution in [0.1, 0.15) is 103 Å². The number of hydrogen-bond donors (Lipinski definition) is 1. The van der Waals surface area contributed by atoms with Crippen molar-refractivity contribution in [1.29, 1.82) is 0 Å². The molecule has 1 N–H and O–H groups in total. The maximum absolute atomic E-state index is 8.82. The zero-order chi connectivity index (χ0) is 25.3. The third kappa shape index (κ3) is 26.4. The molecule has 0 aromatic heterocycles. The molecule has 0 aromatic rings. The molecule has 0 spiro atoms. The van der Waals surface area contributed by atoms with Crippen LogP contribution in [0.5, 0.6) is 0 Å². The second-order valence-electron chi connectivity index (χ2n) is 11.1. The Morgan fingerprint density at radius 2 is 0.559 bits per heavy atom. The topological polar surface area (TPSA) is 33.2 Å². The van der Waals surface area contributed by atoms with Gasteiger partial charge in [0.05, 0.1) is 0 Å². The third-order valence-electron chi connectivity index (χ3n) is 7.00. The summed E-state index contributed by atoms with van der Waals surface area (Å²) >= 11 is 0. The largest absolute Gasteiger partial charge is 0.396 e. The van der Waals surface area contributed by atoms with Crippen LogP contribution < -0.4 is 0 Å². The van der Waals surface area contributed by atoms with E-state index in [-0.39, 0.29) is 0 Å². The van der Waals surface area contributed by atoms with Gasteiger partial charge in [-0.1, -0.05) is 51.4 Å². The van der Waals surface area contributed by atoms with Crippen LogP contribution in [0, 0.1) is 0 Å². The minimum absolute atomic E-state index is 0.348. The van der Waals surface area contributed by atoms with E-state index < -0.39 is 0 Å². The SMILES string of the molecule is CN(C)CCCCCCN(C)CCCCCCN(C)CCCCCCN(C)CCCCCCO. The first-order chi connectivity index (χ1) is 16.5. The summed E-state index contributed by atoms with van der Waals surface area (Å²) in [6.07, 6.45) is 21.0. The van der Waals surface area contributed by atoms with Crippen LogP contribution in [-0.4, -0.2) is 112 Å². The number of unbranched alkanes of at least 4 members (excludes halogenated alkanes) is 12. The summed E-state index contributed by atoms with van der Waals surface area (Å²) in [5.41, 5.74) is 0. The maximum Gasteiger partial charge on any atom is 0.0431 e. The molecule has 5 heteroatoms. The standard InChI is InChI=1S/C29H64N4O/c1-30(2)22-14-6-7-15-23-31(3)24-16-8-9-17-25-32(4)26-18-10-11-19-27-33(5)28-20-12-13-21-29-34/h34H,6-29H2,1-5H3. The molecule has 0 saturated carbocycles. The van der Waals surface area contributed by atoms with E-state index in [0.29, 0.717) is 6.61 Å². The quantitative estimate of drug-likeness (QED) is 0.154. The lowest BCUT2D eigenvalue weighted by molar-refractivity contribution is 0.276. The Bertz CT molecular complexity index is 394. The van der Waals surface area contributed by atoms with Crippen molar-refractivity contribution in [1.82, 2.24) is 19.6 Å². The molecule has 0 aliphatic carbocycles. The molecule has 34 heavy (non-hydrogen) atoms. The summed E-state index contributed by atoms with van der Waals surface area (Å²) in [6.45, 7) is 9.10. The van der Waals surface area contributed by atoms with Gasteiger partial charge in [-0.15, -0.1) is 0 Å². The molecule has 0 aliphatic rings. The Morgan fingerprint density at radius 3 is 0.794 bits per heavy atom. The van der Waals surface area contributed by atoms with E-state index >= 15 is 0 Å². The predicted octanol–water partition coefficient (Wildman–Crippen LogP) is 5.58. The van der Waals surface area contributed by atoms with E-state index in [1.54, 1.807) is 0 Å². The molecular weight excluding hydrogens is 420 g/mol. The molecule has 0 bridgehead atoms. The molecule has 0 aliphatic heterocycles. The highest BCUT2D eigenvalue weighted by atomic mass is 16.2. The van der Waals surface area contributed by atoms with Gasteiger partial charge < -0.3 is 24.7 Å². The second kappa shape index (κ2) is 25.9. The minimum atomic E-state index is 0.348. The summed E-state index contributed by atoms with van der Waals surface area (Å²) in [4.78, 5) is 9.85. The van der Waals surface area contributed by atoms with Crippen molar-refractivity contribution in [3.63, 3.8) is 0 Å². The molecule has 5 nitrogen and oxygen atoms in total. The van der Waals surface area contributed by atoms with Crippen molar-refractivity contribution in [3.05, 3.63) is 0 Å². The fourth-order valence-electron chi connectivity index (χ4n) is 4.58. The van der Waals surface area contributed by atoms with Crippen LogP contribution in [0.3, 0.4) is 0 Å². The molecular formula is C29H64N4O. The predicted molar refractivity (Wildman–Crippen MR) is 152 cm³/mol. The highest BCUT2D eigenvalue weighted by molar-refractivity contribution is 4.58. The van der Waals surface area contributed by atoms with Crippen molar-refractivity contribution in [2.24, 2.45) is 0 Å². The van der Waals surface area contributed by atoms with Gasteiger partial charge in [0.25, 0.3) is 0 Å². The molecule has 0 aromatic carbocycles. The van der Waals surface area contributed by atoms with E-state index in [2.05, 4.69) is 54.8 Å². The van der Waals surface area contributed by atoms with E-state index in [0.717, 1.165) is 6.42 Å². The van der Waals surface area contributed by atoms with Crippen molar-refractivity contribution in [2.45, 2.75) is 103 Å². The molecule has 0 atom stereocenters. The van der Waals surface area contributed by atoms with Gasteiger partial charge in [-0.3, -0.25) is 0 Å². The van der Waals surface area contributed by atoms with Crippen molar-refractivity contribution in [2.75, 3.05) is 87.7 Å². The molecule has 0 heterocycles. The molecule has 0 unspecified atom stereocenters. The zero-order valence-electron chi connectivity index (χ0n) is 24.2. The molecule has 0 saturated heterocycles. The Labute approximate surface area is 215 Å². The fourth-order valence-corrected chi connectivity index (χ4v) is 4.58. The van der Waals surface area contributed by atoms with Crippen LogP contribution in [0.4, 0.5) is 0 Å². The van der Waals surface area contributed by atoms with Crippen LogP contribution in [0.15, 0.2) is 0 Å². The van der Waals surface area contributed by atoms with Gasteiger partial charge in [0, 0.05) is 6.61 Å². The minimum Gasteiger partial charge on any atom is -0.396 e. The number of rotatable bonds is 27. The first-order valence-electron chi connectivity index (χ1n) is 14.8. The second-order valence-corrected chi connectivity index (χ2v) is 11.1.